The summed E-state index contributed by atoms with van der Waals surface area (Å²) in [5.41, 5.74) is -0.690. The van der Waals surface area contributed by atoms with Crippen molar-refractivity contribution < 1.29 is 62.3 Å². The zero-order valence-corrected chi connectivity index (χ0v) is 35.4. The van der Waals surface area contributed by atoms with Crippen molar-refractivity contribution in [3.63, 3.8) is 0 Å². The number of hydrogen-bond donors (Lipinski definition) is 2. The van der Waals surface area contributed by atoms with Crippen LogP contribution in [0.1, 0.15) is 97.8 Å². The minimum absolute atomic E-state index is 0.0149. The van der Waals surface area contributed by atoms with E-state index in [1.807, 2.05) is 0 Å². The molecule has 2 atom stereocenters. The maximum absolute atomic E-state index is 13.4. The number of alkyl carbamates (subject to hydrolysis) is 1. The third-order valence-electron chi connectivity index (χ3n) is 10.4. The lowest BCUT2D eigenvalue weighted by molar-refractivity contribution is -0.146. The van der Waals surface area contributed by atoms with Crippen molar-refractivity contribution in [1.29, 1.82) is 0 Å². The zero-order chi connectivity index (χ0) is 45.6. The molecule has 20 nitrogen and oxygen atoms in total. The molecule has 1 fully saturated rings. The molecule has 0 radical (unpaired) electrons. The van der Waals surface area contributed by atoms with E-state index < -0.39 is 76.9 Å². The van der Waals surface area contributed by atoms with Gasteiger partial charge < -0.3 is 20.3 Å². The number of hydrogen-bond acceptors (Lipinski definition) is 13. The summed E-state index contributed by atoms with van der Waals surface area (Å²) >= 11 is 0. The SMILES string of the molecule is CC(C)(C)OC(=O)NCCCC(=O)N(CCCCC(=O)CCC(CN1C(=O)CCC1=O)N1C(=O)C=CC1=O)CCCNC(=O)CCC(CN1C(=O)C=CC1=O)N1C(=O)C=CC1=O. The molecule has 0 aliphatic carbocycles. The molecular weight excluding hydrogens is 810 g/mol. The number of Topliss-reactive ketones (excluding diaryl/α,β-unsaturated/α-hetero) is 1. The van der Waals surface area contributed by atoms with E-state index in [-0.39, 0.29) is 102 Å². The lowest BCUT2D eigenvalue weighted by atomic mass is 10.0. The smallest absolute Gasteiger partial charge is 0.407 e. The molecule has 1 saturated heterocycles. The second-order valence-corrected chi connectivity index (χ2v) is 16.3. The second kappa shape index (κ2) is 22.5. The summed E-state index contributed by atoms with van der Waals surface area (Å²) in [5.74, 6) is -5.19. The number of ketones is 1. The minimum Gasteiger partial charge on any atom is -0.444 e. The number of carbonyl (C=O) groups excluding carboxylic acids is 12. The molecule has 11 amide bonds. The van der Waals surface area contributed by atoms with E-state index in [0.29, 0.717) is 25.7 Å². The molecule has 4 aliphatic heterocycles. The summed E-state index contributed by atoms with van der Waals surface area (Å²) in [4.78, 5) is 155. The maximum Gasteiger partial charge on any atom is 0.407 e. The fraction of sp³-hybridized carbons (Fsp3) is 0.571. The van der Waals surface area contributed by atoms with Crippen LogP contribution in [0.25, 0.3) is 0 Å². The van der Waals surface area contributed by atoms with Gasteiger partial charge in [0.1, 0.15) is 11.4 Å². The first-order valence-corrected chi connectivity index (χ1v) is 20.8. The second-order valence-electron chi connectivity index (χ2n) is 16.3. The molecule has 0 aromatic heterocycles. The first kappa shape index (κ1) is 48.3. The Bertz CT molecular complexity index is 1770. The Morgan fingerprint density at radius 2 is 1.08 bits per heavy atom. The van der Waals surface area contributed by atoms with E-state index in [0.717, 1.165) is 56.1 Å². The van der Waals surface area contributed by atoms with Crippen LogP contribution in [-0.2, 0) is 57.5 Å². The number of nitrogens with one attached hydrogen (secondary N) is 2. The van der Waals surface area contributed by atoms with Crippen LogP contribution < -0.4 is 10.6 Å². The Labute approximate surface area is 359 Å². The minimum atomic E-state index is -0.933. The Kier molecular flexibility index (Phi) is 17.5. The standard InChI is InChI=1S/C42H55N7O13/c1-42(2,3)62-41(61)44-22-6-9-32(52)45(24-5-4-8-30(50)12-10-28(48-37(57)18-19-38(48)58)26-46-33(53)14-15-34(46)54)25-7-23-43-31(51)13-11-29(49-39(59)20-21-40(49)60)27-47-35(55)16-17-36(47)56/h16-21,28-29H,4-15,22-27H2,1-3H3,(H,43,51)(H,44,61). The van der Waals surface area contributed by atoms with Crippen LogP contribution in [0.5, 0.6) is 0 Å². The van der Waals surface area contributed by atoms with Gasteiger partial charge in [0.2, 0.25) is 23.6 Å². The van der Waals surface area contributed by atoms with E-state index in [2.05, 4.69) is 10.6 Å². The molecule has 0 bridgehead atoms. The number of unbranched alkanes of at least 4 members (excludes halogenated alkanes) is 1. The number of likely N-dealkylation sites (tertiary alicyclic amines) is 1. The highest BCUT2D eigenvalue weighted by atomic mass is 16.6. The predicted octanol–water partition coefficient (Wildman–Crippen LogP) is 0.587. The molecule has 2 N–H and O–H groups in total. The van der Waals surface area contributed by atoms with Crippen molar-refractivity contribution in [3.05, 3.63) is 36.5 Å². The lowest BCUT2D eigenvalue weighted by Crippen LogP contribution is -2.49. The van der Waals surface area contributed by atoms with Gasteiger partial charge in [-0.3, -0.25) is 72.3 Å². The van der Waals surface area contributed by atoms with Crippen molar-refractivity contribution in [2.75, 3.05) is 39.3 Å². The van der Waals surface area contributed by atoms with Gasteiger partial charge in [-0.1, -0.05) is 0 Å². The number of amides is 11. The highest BCUT2D eigenvalue weighted by Crippen LogP contribution is 2.21. The van der Waals surface area contributed by atoms with Crippen LogP contribution >= 0.6 is 0 Å². The van der Waals surface area contributed by atoms with Gasteiger partial charge >= 0.3 is 6.09 Å². The Morgan fingerprint density at radius 1 is 0.597 bits per heavy atom. The maximum atomic E-state index is 13.4. The van der Waals surface area contributed by atoms with Crippen molar-refractivity contribution in [1.82, 2.24) is 35.1 Å². The molecular formula is C42H55N7O13. The third kappa shape index (κ3) is 14.4. The van der Waals surface area contributed by atoms with E-state index in [9.17, 15) is 57.5 Å². The number of imide groups is 4. The van der Waals surface area contributed by atoms with Gasteiger partial charge in [0.05, 0.1) is 18.6 Å². The van der Waals surface area contributed by atoms with Gasteiger partial charge in [-0.15, -0.1) is 0 Å². The Morgan fingerprint density at radius 3 is 1.63 bits per heavy atom. The van der Waals surface area contributed by atoms with Gasteiger partial charge in [0, 0.05) is 108 Å². The highest BCUT2D eigenvalue weighted by Gasteiger charge is 2.38. The molecule has 336 valence electrons. The molecule has 0 saturated carbocycles. The predicted molar refractivity (Wildman–Crippen MR) is 216 cm³/mol. The Hall–Kier alpha value is -6.34. The molecule has 2 unspecified atom stereocenters. The van der Waals surface area contributed by atoms with Gasteiger partial charge in [-0.25, -0.2) is 4.79 Å². The summed E-state index contributed by atoms with van der Waals surface area (Å²) in [6.07, 6.45) is 7.62. The van der Waals surface area contributed by atoms with Gasteiger partial charge in [-0.05, 0) is 59.3 Å². The molecule has 62 heavy (non-hydrogen) atoms. The molecule has 0 aromatic rings. The first-order chi connectivity index (χ1) is 29.3. The van der Waals surface area contributed by atoms with Gasteiger partial charge in [0.15, 0.2) is 0 Å². The summed E-state index contributed by atoms with van der Waals surface area (Å²) in [7, 11) is 0. The van der Waals surface area contributed by atoms with Crippen molar-refractivity contribution in [3.8, 4) is 0 Å². The van der Waals surface area contributed by atoms with E-state index in [1.54, 1.807) is 25.7 Å². The average molecular weight is 866 g/mol. The van der Waals surface area contributed by atoms with E-state index >= 15 is 0 Å². The normalized spacial score (nSPS) is 17.3. The van der Waals surface area contributed by atoms with Crippen molar-refractivity contribution >= 4 is 70.9 Å². The summed E-state index contributed by atoms with van der Waals surface area (Å²) < 4.78 is 5.23. The van der Waals surface area contributed by atoms with E-state index in [4.69, 9.17) is 4.74 Å². The highest BCUT2D eigenvalue weighted by molar-refractivity contribution is 6.15. The summed E-state index contributed by atoms with van der Waals surface area (Å²) in [5, 5.41) is 5.38. The van der Waals surface area contributed by atoms with Crippen LogP contribution in [0, 0.1) is 0 Å². The van der Waals surface area contributed by atoms with Crippen molar-refractivity contribution in [2.24, 2.45) is 0 Å². The fourth-order valence-corrected chi connectivity index (χ4v) is 7.23. The zero-order valence-electron chi connectivity index (χ0n) is 35.4. The van der Waals surface area contributed by atoms with Gasteiger partial charge in [0.25, 0.3) is 35.4 Å². The van der Waals surface area contributed by atoms with Crippen LogP contribution in [-0.4, -0.2) is 152 Å². The van der Waals surface area contributed by atoms with E-state index in [1.165, 1.54) is 0 Å². The number of rotatable bonds is 25. The molecule has 4 aliphatic rings. The largest absolute Gasteiger partial charge is 0.444 e. The lowest BCUT2D eigenvalue weighted by Gasteiger charge is -2.29. The monoisotopic (exact) mass is 865 g/mol. The molecule has 4 heterocycles. The number of nitrogens with zero attached hydrogens (tertiary/aromatic N) is 5. The number of ether oxygens (including phenoxy) is 1. The topological polar surface area (TPSA) is 254 Å². The molecule has 20 heteroatoms. The van der Waals surface area contributed by atoms with Crippen LogP contribution in [0.4, 0.5) is 4.79 Å². The number of carbonyl (C=O) groups is 12. The Balaban J connectivity index is 1.26. The molecule has 0 aromatic carbocycles. The van der Waals surface area contributed by atoms with Crippen molar-refractivity contribution in [2.45, 2.75) is 116 Å². The van der Waals surface area contributed by atoms with Crippen LogP contribution in [0.15, 0.2) is 36.5 Å². The average Bonchev–Trinajstić information content (AvgIpc) is 3.93. The molecule has 0 spiro atoms. The summed E-state index contributed by atoms with van der Waals surface area (Å²) in [6, 6.07) is -1.80. The summed E-state index contributed by atoms with van der Waals surface area (Å²) in [6.45, 7) is 5.60. The van der Waals surface area contributed by atoms with Crippen LogP contribution in [0.3, 0.4) is 0 Å². The van der Waals surface area contributed by atoms with Gasteiger partial charge in [-0.2, -0.15) is 0 Å². The first-order valence-electron chi connectivity index (χ1n) is 20.8. The third-order valence-corrected chi connectivity index (χ3v) is 10.4. The van der Waals surface area contributed by atoms with Crippen LogP contribution in [0.2, 0.25) is 0 Å². The molecule has 4 rings (SSSR count). The fourth-order valence-electron chi connectivity index (χ4n) is 7.23. The quantitative estimate of drug-likeness (QED) is 0.0943.